The van der Waals surface area contributed by atoms with Crippen LogP contribution in [-0.4, -0.2) is 43.2 Å². The number of carbonyl (C=O) groups excluding carboxylic acids is 1. The molecule has 0 bridgehead atoms. The lowest BCUT2D eigenvalue weighted by atomic mass is 9.96. The van der Waals surface area contributed by atoms with Crippen LogP contribution in [0.15, 0.2) is 24.3 Å². The molecule has 1 aromatic carbocycles. The summed E-state index contributed by atoms with van der Waals surface area (Å²) in [6.45, 7) is 5.57. The Bertz CT molecular complexity index is 486. The Kier molecular flexibility index (Phi) is 4.86. The minimum Gasteiger partial charge on any atom is -0.368 e. The summed E-state index contributed by atoms with van der Waals surface area (Å²) in [6, 6.07) is 9.18. The predicted octanol–water partition coefficient (Wildman–Crippen LogP) is 3.16. The zero-order valence-electron chi connectivity index (χ0n) is 13.6. The molecule has 2 fully saturated rings. The van der Waals surface area contributed by atoms with Crippen molar-refractivity contribution in [3.63, 3.8) is 0 Å². The van der Waals surface area contributed by atoms with Crippen molar-refractivity contribution >= 4 is 11.7 Å². The SMILES string of the molecule is Cc1ccc(N2CCN(C(=O)NC3CCCCC3)CC2)cc1. The zero-order chi connectivity index (χ0) is 15.4. The first kappa shape index (κ1) is 15.2. The molecule has 0 radical (unpaired) electrons. The van der Waals surface area contributed by atoms with E-state index >= 15 is 0 Å². The van der Waals surface area contributed by atoms with Gasteiger partial charge in [0.15, 0.2) is 0 Å². The van der Waals surface area contributed by atoms with Gasteiger partial charge in [-0.2, -0.15) is 0 Å². The molecule has 2 amide bonds. The molecule has 2 aliphatic rings. The lowest BCUT2D eigenvalue weighted by Gasteiger charge is -2.37. The maximum Gasteiger partial charge on any atom is 0.317 e. The molecular formula is C18H27N3O. The molecule has 3 rings (SSSR count). The van der Waals surface area contributed by atoms with Gasteiger partial charge in [-0.15, -0.1) is 0 Å². The summed E-state index contributed by atoms with van der Waals surface area (Å²) in [5, 5.41) is 3.22. The number of carbonyl (C=O) groups is 1. The number of hydrogen-bond acceptors (Lipinski definition) is 2. The Hall–Kier alpha value is -1.71. The van der Waals surface area contributed by atoms with E-state index in [0.717, 1.165) is 39.0 Å². The Morgan fingerprint density at radius 2 is 1.64 bits per heavy atom. The highest BCUT2D eigenvalue weighted by Gasteiger charge is 2.23. The number of piperazine rings is 1. The van der Waals surface area contributed by atoms with E-state index < -0.39 is 0 Å². The fourth-order valence-corrected chi connectivity index (χ4v) is 3.44. The maximum atomic E-state index is 12.4. The number of urea groups is 1. The molecule has 1 aliphatic carbocycles. The molecule has 1 saturated carbocycles. The van der Waals surface area contributed by atoms with Gasteiger partial charge in [-0.3, -0.25) is 0 Å². The molecule has 22 heavy (non-hydrogen) atoms. The Balaban J connectivity index is 1.48. The Labute approximate surface area is 133 Å². The molecule has 1 N–H and O–H groups in total. The quantitative estimate of drug-likeness (QED) is 0.911. The van der Waals surface area contributed by atoms with Gasteiger partial charge in [0.1, 0.15) is 0 Å². The highest BCUT2D eigenvalue weighted by Crippen LogP contribution is 2.19. The van der Waals surface area contributed by atoms with Gasteiger partial charge in [0, 0.05) is 37.9 Å². The van der Waals surface area contributed by atoms with Crippen LogP contribution in [0.2, 0.25) is 0 Å². The van der Waals surface area contributed by atoms with Gasteiger partial charge < -0.3 is 15.1 Å². The van der Waals surface area contributed by atoms with Crippen LogP contribution in [0.25, 0.3) is 0 Å². The molecular weight excluding hydrogens is 274 g/mol. The topological polar surface area (TPSA) is 35.6 Å². The van der Waals surface area contributed by atoms with Crippen molar-refractivity contribution in [3.05, 3.63) is 29.8 Å². The Morgan fingerprint density at radius 1 is 1.00 bits per heavy atom. The van der Waals surface area contributed by atoms with Crippen LogP contribution in [0, 0.1) is 6.92 Å². The fourth-order valence-electron chi connectivity index (χ4n) is 3.44. The first-order valence-electron chi connectivity index (χ1n) is 8.59. The summed E-state index contributed by atoms with van der Waals surface area (Å²) >= 11 is 0. The number of nitrogens with zero attached hydrogens (tertiary/aromatic N) is 2. The Morgan fingerprint density at radius 3 is 2.27 bits per heavy atom. The molecule has 0 atom stereocenters. The van der Waals surface area contributed by atoms with E-state index in [4.69, 9.17) is 0 Å². The first-order chi connectivity index (χ1) is 10.7. The van der Waals surface area contributed by atoms with Gasteiger partial charge >= 0.3 is 6.03 Å². The summed E-state index contributed by atoms with van der Waals surface area (Å²) in [4.78, 5) is 16.7. The van der Waals surface area contributed by atoms with Crippen LogP contribution in [0.4, 0.5) is 10.5 Å². The van der Waals surface area contributed by atoms with Crippen LogP contribution in [0.3, 0.4) is 0 Å². The highest BCUT2D eigenvalue weighted by molar-refractivity contribution is 5.75. The number of hydrogen-bond donors (Lipinski definition) is 1. The van der Waals surface area contributed by atoms with Crippen molar-refractivity contribution in [1.29, 1.82) is 0 Å². The van der Waals surface area contributed by atoms with Gasteiger partial charge in [-0.25, -0.2) is 4.79 Å². The number of aryl methyl sites for hydroxylation is 1. The van der Waals surface area contributed by atoms with Crippen LogP contribution < -0.4 is 10.2 Å². The second kappa shape index (κ2) is 7.03. The first-order valence-corrected chi connectivity index (χ1v) is 8.59. The van der Waals surface area contributed by atoms with Gasteiger partial charge in [-0.1, -0.05) is 37.0 Å². The summed E-state index contributed by atoms with van der Waals surface area (Å²) in [5.41, 5.74) is 2.55. The molecule has 0 spiro atoms. The average molecular weight is 301 g/mol. The molecule has 1 aliphatic heterocycles. The maximum absolute atomic E-state index is 12.4. The molecule has 1 aromatic rings. The largest absolute Gasteiger partial charge is 0.368 e. The lowest BCUT2D eigenvalue weighted by molar-refractivity contribution is 0.186. The van der Waals surface area contributed by atoms with Gasteiger partial charge in [0.2, 0.25) is 0 Å². The van der Waals surface area contributed by atoms with Crippen LogP contribution in [0.5, 0.6) is 0 Å². The molecule has 0 unspecified atom stereocenters. The van der Waals surface area contributed by atoms with Gasteiger partial charge in [0.25, 0.3) is 0 Å². The molecule has 1 saturated heterocycles. The molecule has 0 aromatic heterocycles. The van der Waals surface area contributed by atoms with Crippen molar-refractivity contribution in [2.24, 2.45) is 0 Å². The second-order valence-electron chi connectivity index (χ2n) is 6.59. The van der Waals surface area contributed by atoms with Crippen LogP contribution >= 0.6 is 0 Å². The number of rotatable bonds is 2. The number of anilines is 1. The molecule has 120 valence electrons. The minimum atomic E-state index is 0.135. The monoisotopic (exact) mass is 301 g/mol. The fraction of sp³-hybridized carbons (Fsp3) is 0.611. The summed E-state index contributed by atoms with van der Waals surface area (Å²) in [6.07, 6.45) is 6.13. The average Bonchev–Trinajstić information content (AvgIpc) is 2.57. The third-order valence-corrected chi connectivity index (χ3v) is 4.90. The van der Waals surface area contributed by atoms with Crippen molar-refractivity contribution in [2.45, 2.75) is 45.1 Å². The zero-order valence-corrected chi connectivity index (χ0v) is 13.6. The van der Waals surface area contributed by atoms with E-state index in [0.29, 0.717) is 6.04 Å². The van der Waals surface area contributed by atoms with Crippen LogP contribution in [0.1, 0.15) is 37.7 Å². The third-order valence-electron chi connectivity index (χ3n) is 4.90. The van der Waals surface area contributed by atoms with E-state index in [1.807, 2.05) is 4.90 Å². The van der Waals surface area contributed by atoms with E-state index in [-0.39, 0.29) is 6.03 Å². The minimum absolute atomic E-state index is 0.135. The molecule has 4 nitrogen and oxygen atoms in total. The van der Waals surface area contributed by atoms with Crippen molar-refractivity contribution in [2.75, 3.05) is 31.1 Å². The summed E-state index contributed by atoms with van der Waals surface area (Å²) in [5.74, 6) is 0. The van der Waals surface area contributed by atoms with Crippen LogP contribution in [-0.2, 0) is 0 Å². The van der Waals surface area contributed by atoms with Crippen molar-refractivity contribution in [1.82, 2.24) is 10.2 Å². The second-order valence-corrected chi connectivity index (χ2v) is 6.59. The third kappa shape index (κ3) is 3.73. The van der Waals surface area contributed by atoms with Crippen molar-refractivity contribution < 1.29 is 4.79 Å². The number of nitrogens with one attached hydrogen (secondary N) is 1. The van der Waals surface area contributed by atoms with E-state index in [9.17, 15) is 4.79 Å². The highest BCUT2D eigenvalue weighted by atomic mass is 16.2. The van der Waals surface area contributed by atoms with E-state index in [1.54, 1.807) is 0 Å². The standard InChI is InChI=1S/C18H27N3O/c1-15-7-9-17(10-8-15)20-11-13-21(14-12-20)18(22)19-16-5-3-2-4-6-16/h7-10,16H,2-6,11-14H2,1H3,(H,19,22). The molecule has 4 heteroatoms. The predicted molar refractivity (Wildman–Crippen MR) is 90.4 cm³/mol. The summed E-state index contributed by atoms with van der Waals surface area (Å²) in [7, 11) is 0. The lowest BCUT2D eigenvalue weighted by Crippen LogP contribution is -2.53. The normalized spacial score (nSPS) is 20.0. The van der Waals surface area contributed by atoms with E-state index in [2.05, 4.69) is 41.4 Å². The smallest absolute Gasteiger partial charge is 0.317 e. The number of benzene rings is 1. The van der Waals surface area contributed by atoms with Gasteiger partial charge in [-0.05, 0) is 31.9 Å². The van der Waals surface area contributed by atoms with Gasteiger partial charge in [0.05, 0.1) is 0 Å². The number of amides is 2. The van der Waals surface area contributed by atoms with Crippen molar-refractivity contribution in [3.8, 4) is 0 Å². The molecule has 1 heterocycles. The summed E-state index contributed by atoms with van der Waals surface area (Å²) < 4.78 is 0. The van der Waals surface area contributed by atoms with E-state index in [1.165, 1.54) is 30.5 Å².